The Balaban J connectivity index is 1.04. The molecule has 0 radical (unpaired) electrons. The van der Waals surface area contributed by atoms with E-state index in [-0.39, 0.29) is 0 Å². The molecule has 0 aliphatic heterocycles. The van der Waals surface area contributed by atoms with E-state index >= 15 is 0 Å². The summed E-state index contributed by atoms with van der Waals surface area (Å²) in [6.45, 7) is 0. The number of fused-ring (bicyclic) bond motifs is 14. The molecule has 1 atom stereocenters. The Morgan fingerprint density at radius 1 is 0.273 bits per heavy atom. The molecule has 0 N–H and O–H groups in total. The van der Waals surface area contributed by atoms with Gasteiger partial charge in [0.2, 0.25) is 0 Å². The van der Waals surface area contributed by atoms with Gasteiger partial charge in [0.25, 0.3) is 0 Å². The minimum absolute atomic E-state index is 0.604. The average molecular weight is 836 g/mol. The summed E-state index contributed by atoms with van der Waals surface area (Å²) in [7, 11) is 0. The van der Waals surface area contributed by atoms with Crippen LogP contribution < -0.4 is 4.90 Å². The third kappa shape index (κ3) is 5.11. The van der Waals surface area contributed by atoms with Crippen LogP contribution in [0.1, 0.15) is 22.3 Å². The largest absolute Gasteiger partial charge is 0.310 e. The maximum Gasteiger partial charge on any atom is 0.0746 e. The fraction of sp³-hybridized carbons (Fsp3) is 0.0154. The van der Waals surface area contributed by atoms with Gasteiger partial charge < -0.3 is 4.90 Å². The summed E-state index contributed by atoms with van der Waals surface area (Å²) < 4.78 is 0. The first-order chi connectivity index (χ1) is 32.8. The lowest BCUT2D eigenvalue weighted by atomic mass is 9.69. The highest BCUT2D eigenvalue weighted by Crippen LogP contribution is 2.68. The summed E-state index contributed by atoms with van der Waals surface area (Å²) >= 11 is 0. The van der Waals surface area contributed by atoms with Crippen LogP contribution in [0.25, 0.3) is 88.7 Å². The highest BCUT2D eigenvalue weighted by Gasteiger charge is 2.54. The van der Waals surface area contributed by atoms with Crippen molar-refractivity contribution in [2.75, 3.05) is 4.90 Å². The third-order valence-electron chi connectivity index (χ3n) is 14.6. The maximum absolute atomic E-state index is 2.58. The molecular weight excluding hydrogens is 795 g/mol. The molecule has 11 aromatic carbocycles. The number of para-hydroxylation sites is 1. The Bertz CT molecular complexity index is 3730. The smallest absolute Gasteiger partial charge is 0.0746 e. The van der Waals surface area contributed by atoms with E-state index in [0.29, 0.717) is 0 Å². The van der Waals surface area contributed by atoms with E-state index in [2.05, 4.69) is 254 Å². The lowest BCUT2D eigenvalue weighted by molar-refractivity contribution is 0.794. The zero-order chi connectivity index (χ0) is 43.3. The number of nitrogens with zero attached hydrogens (tertiary/aromatic N) is 1. The summed E-state index contributed by atoms with van der Waals surface area (Å²) in [6.07, 6.45) is 0. The van der Waals surface area contributed by atoms with Crippen molar-refractivity contribution in [1.29, 1.82) is 0 Å². The van der Waals surface area contributed by atoms with Gasteiger partial charge >= 0.3 is 0 Å². The molecule has 3 aliphatic rings. The van der Waals surface area contributed by atoms with Crippen LogP contribution in [0.15, 0.2) is 249 Å². The normalized spacial score (nSPS) is 14.4. The minimum atomic E-state index is -0.604. The van der Waals surface area contributed by atoms with E-state index in [9.17, 15) is 0 Å². The van der Waals surface area contributed by atoms with E-state index in [1.165, 1.54) is 117 Å². The highest BCUT2D eigenvalue weighted by atomic mass is 15.1. The monoisotopic (exact) mass is 835 g/mol. The van der Waals surface area contributed by atoms with Crippen LogP contribution in [-0.4, -0.2) is 0 Å². The van der Waals surface area contributed by atoms with E-state index in [1.54, 1.807) is 0 Å². The molecule has 306 valence electrons. The molecule has 0 saturated heterocycles. The summed E-state index contributed by atoms with van der Waals surface area (Å²) in [6, 6.07) is 92.6. The van der Waals surface area contributed by atoms with Crippen molar-refractivity contribution in [3.63, 3.8) is 0 Å². The first kappa shape index (κ1) is 36.9. The van der Waals surface area contributed by atoms with Gasteiger partial charge in [-0.15, -0.1) is 0 Å². The molecule has 1 heteroatoms. The molecule has 0 fully saturated rings. The van der Waals surface area contributed by atoms with E-state index < -0.39 is 5.41 Å². The van der Waals surface area contributed by atoms with E-state index in [1.807, 2.05) is 0 Å². The van der Waals surface area contributed by atoms with Gasteiger partial charge in [-0.25, -0.2) is 0 Å². The fourth-order valence-electron chi connectivity index (χ4n) is 11.9. The van der Waals surface area contributed by atoms with Crippen LogP contribution in [0.5, 0.6) is 0 Å². The van der Waals surface area contributed by atoms with Crippen molar-refractivity contribution in [2.45, 2.75) is 5.41 Å². The fourth-order valence-corrected chi connectivity index (χ4v) is 11.9. The van der Waals surface area contributed by atoms with Gasteiger partial charge in [0, 0.05) is 16.8 Å². The van der Waals surface area contributed by atoms with Gasteiger partial charge in [-0.05, 0) is 130 Å². The number of hydrogen-bond acceptors (Lipinski definition) is 1. The van der Waals surface area contributed by atoms with Crippen molar-refractivity contribution < 1.29 is 0 Å². The number of hydrogen-bond donors (Lipinski definition) is 0. The van der Waals surface area contributed by atoms with Crippen LogP contribution in [0.3, 0.4) is 0 Å². The average Bonchev–Trinajstić information content (AvgIpc) is 4.00. The second-order valence-corrected chi connectivity index (χ2v) is 17.9. The second-order valence-electron chi connectivity index (χ2n) is 17.9. The number of anilines is 3. The summed E-state index contributed by atoms with van der Waals surface area (Å²) in [5, 5.41) is 2.68. The van der Waals surface area contributed by atoms with Crippen LogP contribution in [0, 0.1) is 0 Å². The third-order valence-corrected chi connectivity index (χ3v) is 14.6. The Morgan fingerprint density at radius 2 is 0.742 bits per heavy atom. The number of rotatable bonds is 6. The van der Waals surface area contributed by atoms with Crippen LogP contribution in [0.4, 0.5) is 17.1 Å². The van der Waals surface area contributed by atoms with E-state index in [4.69, 9.17) is 0 Å². The first-order valence-electron chi connectivity index (χ1n) is 23.0. The van der Waals surface area contributed by atoms with Crippen molar-refractivity contribution in [1.82, 2.24) is 0 Å². The predicted molar refractivity (Wildman–Crippen MR) is 276 cm³/mol. The molecule has 66 heavy (non-hydrogen) atoms. The van der Waals surface area contributed by atoms with Crippen LogP contribution in [0.2, 0.25) is 0 Å². The predicted octanol–water partition coefficient (Wildman–Crippen LogP) is 17.3. The van der Waals surface area contributed by atoms with Gasteiger partial charge in [-0.3, -0.25) is 0 Å². The topological polar surface area (TPSA) is 3.24 Å². The Hall–Kier alpha value is -8.52. The van der Waals surface area contributed by atoms with Crippen LogP contribution >= 0.6 is 0 Å². The lowest BCUT2D eigenvalue weighted by Crippen LogP contribution is -2.28. The number of benzene rings is 11. The van der Waals surface area contributed by atoms with Gasteiger partial charge in [0.15, 0.2) is 0 Å². The molecular formula is C65H41N. The molecule has 0 aromatic heterocycles. The Morgan fingerprint density at radius 3 is 1.44 bits per heavy atom. The molecule has 11 aromatic rings. The minimum Gasteiger partial charge on any atom is -0.310 e. The van der Waals surface area contributed by atoms with Crippen LogP contribution in [-0.2, 0) is 5.41 Å². The Kier molecular flexibility index (Phi) is 7.97. The molecule has 0 saturated carbocycles. The van der Waals surface area contributed by atoms with Gasteiger partial charge in [-0.2, -0.15) is 0 Å². The lowest BCUT2D eigenvalue weighted by Gasteiger charge is -2.36. The standard InChI is InChI=1S/C65H41N/c1-3-17-42(18-4-1)43-33-35-44(36-34-43)45-37-39-47(40-38-45)66(60-31-14-11-21-48(60)46-19-5-2-6-20-46)61-32-16-27-53-51-24-9-12-29-57(51)65(64(53)61)58-30-13-10-25-54(58)63-55-28-15-26-52-49-22-7-8-23-50(49)56(62(52)55)41-59(63)65/h1-41H. The quantitative estimate of drug-likeness (QED) is 0.161. The highest BCUT2D eigenvalue weighted by molar-refractivity contribution is 6.21. The van der Waals surface area contributed by atoms with Crippen molar-refractivity contribution in [3.8, 4) is 77.9 Å². The maximum atomic E-state index is 2.58. The van der Waals surface area contributed by atoms with Gasteiger partial charge in [0.05, 0.1) is 16.8 Å². The Labute approximate surface area is 385 Å². The van der Waals surface area contributed by atoms with Crippen molar-refractivity contribution >= 4 is 27.8 Å². The summed E-state index contributed by atoms with van der Waals surface area (Å²) in [4.78, 5) is 2.55. The molecule has 14 rings (SSSR count). The molecule has 1 spiro atoms. The van der Waals surface area contributed by atoms with Crippen molar-refractivity contribution in [2.24, 2.45) is 0 Å². The molecule has 0 heterocycles. The molecule has 1 unspecified atom stereocenters. The van der Waals surface area contributed by atoms with Crippen molar-refractivity contribution in [3.05, 3.63) is 271 Å². The van der Waals surface area contributed by atoms with E-state index in [0.717, 1.165) is 11.4 Å². The molecule has 0 bridgehead atoms. The van der Waals surface area contributed by atoms with Gasteiger partial charge in [0.1, 0.15) is 0 Å². The zero-order valence-corrected chi connectivity index (χ0v) is 36.1. The summed E-state index contributed by atoms with van der Waals surface area (Å²) in [5.74, 6) is 0. The first-order valence-corrected chi connectivity index (χ1v) is 23.0. The molecule has 0 amide bonds. The zero-order valence-electron chi connectivity index (χ0n) is 36.1. The second kappa shape index (κ2) is 14.2. The molecule has 3 aliphatic carbocycles. The SMILES string of the molecule is c1ccc(-c2ccc(-c3ccc(N(c4ccccc4-c4ccccc4)c4cccc5c4C4(c6ccccc6-5)c5ccccc5-c5c4cc4c6c(cccc56)-c5ccccc5-4)cc3)cc2)cc1. The van der Waals surface area contributed by atoms with Gasteiger partial charge in [-0.1, -0.05) is 218 Å². The summed E-state index contributed by atoms with van der Waals surface area (Å²) in [5.41, 5.74) is 25.8. The molecule has 1 nitrogen and oxygen atoms in total.